The zero-order chi connectivity index (χ0) is 15.2. The van der Waals surface area contributed by atoms with E-state index in [0.29, 0.717) is 18.7 Å². The average molecular weight is 296 g/mol. The summed E-state index contributed by atoms with van der Waals surface area (Å²) >= 11 is 0. The van der Waals surface area contributed by atoms with Gasteiger partial charge in [-0.2, -0.15) is 0 Å². The first-order chi connectivity index (χ1) is 10.1. The largest absolute Gasteiger partial charge is 0.466 e. The number of likely N-dealkylation sites (tertiary alicyclic amines) is 1. The summed E-state index contributed by atoms with van der Waals surface area (Å²) in [7, 11) is 2.21. The van der Waals surface area contributed by atoms with Crippen molar-refractivity contribution in [1.82, 2.24) is 10.2 Å². The molecule has 4 heteroatoms. The lowest BCUT2D eigenvalue weighted by Gasteiger charge is -2.36. The lowest BCUT2D eigenvalue weighted by Crippen LogP contribution is -2.46. The Morgan fingerprint density at radius 1 is 1.19 bits per heavy atom. The number of rotatable bonds is 5. The number of hydrogen-bond acceptors (Lipinski definition) is 4. The minimum atomic E-state index is 0.0133. The van der Waals surface area contributed by atoms with Crippen molar-refractivity contribution in [3.63, 3.8) is 0 Å². The number of carbonyl (C=O) groups excluding carboxylic acids is 1. The molecule has 0 radical (unpaired) electrons. The fourth-order valence-corrected chi connectivity index (χ4v) is 3.79. The minimum absolute atomic E-state index is 0.0133. The van der Waals surface area contributed by atoms with Crippen LogP contribution in [0.15, 0.2) is 0 Å². The van der Waals surface area contributed by atoms with Crippen LogP contribution in [0.4, 0.5) is 0 Å². The maximum Gasteiger partial charge on any atom is 0.308 e. The second-order valence-corrected chi connectivity index (χ2v) is 6.90. The molecule has 0 aromatic carbocycles. The molecule has 0 bridgehead atoms. The van der Waals surface area contributed by atoms with Gasteiger partial charge < -0.3 is 15.0 Å². The Labute approximate surface area is 129 Å². The molecule has 1 heterocycles. The van der Waals surface area contributed by atoms with Crippen LogP contribution in [0.2, 0.25) is 0 Å². The van der Waals surface area contributed by atoms with Crippen molar-refractivity contribution in [1.29, 1.82) is 0 Å². The van der Waals surface area contributed by atoms with Crippen molar-refractivity contribution < 1.29 is 9.53 Å². The van der Waals surface area contributed by atoms with Crippen LogP contribution in [0.3, 0.4) is 0 Å². The summed E-state index contributed by atoms with van der Waals surface area (Å²) in [6, 6.07) is 1.19. The Bertz CT molecular complexity index is 319. The Morgan fingerprint density at radius 2 is 1.81 bits per heavy atom. The van der Waals surface area contributed by atoms with Crippen LogP contribution < -0.4 is 5.32 Å². The molecule has 122 valence electrons. The van der Waals surface area contributed by atoms with E-state index in [2.05, 4.69) is 24.2 Å². The molecule has 4 nitrogen and oxygen atoms in total. The van der Waals surface area contributed by atoms with E-state index in [1.165, 1.54) is 25.9 Å². The van der Waals surface area contributed by atoms with Gasteiger partial charge in [-0.3, -0.25) is 4.79 Å². The first-order valence-electron chi connectivity index (χ1n) is 8.71. The highest BCUT2D eigenvalue weighted by Gasteiger charge is 2.29. The van der Waals surface area contributed by atoms with Gasteiger partial charge in [-0.1, -0.05) is 0 Å². The van der Waals surface area contributed by atoms with E-state index in [9.17, 15) is 4.79 Å². The van der Waals surface area contributed by atoms with Gasteiger partial charge in [0.05, 0.1) is 12.5 Å². The van der Waals surface area contributed by atoms with Crippen LogP contribution in [0, 0.1) is 11.8 Å². The number of hydrogen-bond donors (Lipinski definition) is 1. The molecule has 0 spiro atoms. The number of nitrogens with zero attached hydrogens (tertiary/aromatic N) is 1. The second kappa shape index (κ2) is 8.14. The molecule has 1 N–H and O–H groups in total. The third-order valence-corrected chi connectivity index (χ3v) is 5.32. The van der Waals surface area contributed by atoms with Crippen molar-refractivity contribution in [2.75, 3.05) is 26.7 Å². The van der Waals surface area contributed by atoms with E-state index in [-0.39, 0.29) is 11.9 Å². The molecule has 1 saturated carbocycles. The van der Waals surface area contributed by atoms with Gasteiger partial charge in [0.2, 0.25) is 0 Å². The first-order valence-corrected chi connectivity index (χ1v) is 8.71. The van der Waals surface area contributed by atoms with E-state index in [4.69, 9.17) is 4.74 Å². The van der Waals surface area contributed by atoms with Crippen LogP contribution in [-0.2, 0) is 9.53 Å². The quantitative estimate of drug-likeness (QED) is 0.791. The highest BCUT2D eigenvalue weighted by molar-refractivity contribution is 5.72. The number of esters is 1. The molecule has 0 aromatic heterocycles. The Hall–Kier alpha value is -0.610. The van der Waals surface area contributed by atoms with Crippen molar-refractivity contribution in [3.8, 4) is 0 Å². The summed E-state index contributed by atoms with van der Waals surface area (Å²) < 4.78 is 5.14. The summed E-state index contributed by atoms with van der Waals surface area (Å²) in [6.07, 6.45) is 6.81. The van der Waals surface area contributed by atoms with Crippen LogP contribution in [0.25, 0.3) is 0 Å². The van der Waals surface area contributed by atoms with Crippen LogP contribution >= 0.6 is 0 Å². The third kappa shape index (κ3) is 4.96. The van der Waals surface area contributed by atoms with Gasteiger partial charge in [-0.05, 0) is 78.4 Å². The molecule has 1 saturated heterocycles. The molecular formula is C17H32N2O2. The van der Waals surface area contributed by atoms with Crippen molar-refractivity contribution in [3.05, 3.63) is 0 Å². The maximum atomic E-state index is 11.8. The maximum absolute atomic E-state index is 11.8. The number of piperidine rings is 1. The predicted molar refractivity (Wildman–Crippen MR) is 85.2 cm³/mol. The Kier molecular flexibility index (Phi) is 6.49. The van der Waals surface area contributed by atoms with Gasteiger partial charge in [0.15, 0.2) is 0 Å². The second-order valence-electron chi connectivity index (χ2n) is 6.90. The fourth-order valence-electron chi connectivity index (χ4n) is 3.79. The van der Waals surface area contributed by atoms with Gasteiger partial charge >= 0.3 is 5.97 Å². The molecule has 1 atom stereocenters. The molecular weight excluding hydrogens is 264 g/mol. The smallest absolute Gasteiger partial charge is 0.308 e. The molecule has 2 aliphatic rings. The fraction of sp³-hybridized carbons (Fsp3) is 0.941. The summed E-state index contributed by atoms with van der Waals surface area (Å²) in [5.41, 5.74) is 0. The van der Waals surface area contributed by atoms with Crippen LogP contribution in [0.5, 0.6) is 0 Å². The standard InChI is InChI=1S/C17H32N2O2/c1-4-21-17(20)15-5-7-16(8-6-15)18-13(2)14-9-11-19(3)12-10-14/h13-16,18H,4-12H2,1-3H3. The molecule has 0 amide bonds. The summed E-state index contributed by atoms with van der Waals surface area (Å²) in [6.45, 7) is 7.19. The number of carbonyl (C=O) groups is 1. The summed E-state index contributed by atoms with van der Waals surface area (Å²) in [5, 5.41) is 3.82. The molecule has 0 aromatic rings. The molecule has 1 aliphatic carbocycles. The van der Waals surface area contributed by atoms with Gasteiger partial charge in [-0.25, -0.2) is 0 Å². The van der Waals surface area contributed by atoms with Crippen molar-refractivity contribution >= 4 is 5.97 Å². The SMILES string of the molecule is CCOC(=O)C1CCC(NC(C)C2CCN(C)CC2)CC1. The normalized spacial score (nSPS) is 30.0. The van der Waals surface area contributed by atoms with E-state index < -0.39 is 0 Å². The van der Waals surface area contributed by atoms with E-state index in [1.54, 1.807) is 0 Å². The number of ether oxygens (including phenoxy) is 1. The van der Waals surface area contributed by atoms with Crippen molar-refractivity contribution in [2.45, 2.75) is 64.5 Å². The zero-order valence-corrected chi connectivity index (χ0v) is 13.9. The van der Waals surface area contributed by atoms with E-state index in [1.807, 2.05) is 6.92 Å². The monoisotopic (exact) mass is 296 g/mol. The van der Waals surface area contributed by atoms with Crippen LogP contribution in [-0.4, -0.2) is 49.7 Å². The molecule has 1 unspecified atom stereocenters. The highest BCUT2D eigenvalue weighted by Crippen LogP contribution is 2.27. The lowest BCUT2D eigenvalue weighted by atomic mass is 9.84. The van der Waals surface area contributed by atoms with Gasteiger partial charge in [0, 0.05) is 12.1 Å². The highest BCUT2D eigenvalue weighted by atomic mass is 16.5. The van der Waals surface area contributed by atoms with Gasteiger partial charge in [0.1, 0.15) is 0 Å². The topological polar surface area (TPSA) is 41.6 Å². The lowest BCUT2D eigenvalue weighted by molar-refractivity contribution is -0.149. The van der Waals surface area contributed by atoms with E-state index >= 15 is 0 Å². The molecule has 1 aliphatic heterocycles. The summed E-state index contributed by atoms with van der Waals surface area (Å²) in [4.78, 5) is 14.2. The van der Waals surface area contributed by atoms with Gasteiger partial charge in [-0.15, -0.1) is 0 Å². The molecule has 21 heavy (non-hydrogen) atoms. The third-order valence-electron chi connectivity index (χ3n) is 5.32. The minimum Gasteiger partial charge on any atom is -0.466 e. The molecule has 2 rings (SSSR count). The van der Waals surface area contributed by atoms with Crippen LogP contribution in [0.1, 0.15) is 52.4 Å². The van der Waals surface area contributed by atoms with E-state index in [0.717, 1.165) is 31.6 Å². The number of nitrogens with one attached hydrogen (secondary N) is 1. The van der Waals surface area contributed by atoms with Crippen molar-refractivity contribution in [2.24, 2.45) is 11.8 Å². The van der Waals surface area contributed by atoms with Gasteiger partial charge in [0.25, 0.3) is 0 Å². The first kappa shape index (κ1) is 16.8. The average Bonchev–Trinajstić information content (AvgIpc) is 2.49. The Morgan fingerprint density at radius 3 is 2.38 bits per heavy atom. The zero-order valence-electron chi connectivity index (χ0n) is 13.9. The Balaban J connectivity index is 1.69. The molecule has 2 fully saturated rings. The summed E-state index contributed by atoms with van der Waals surface area (Å²) in [5.74, 6) is 0.963. The predicted octanol–water partition coefficient (Wildman–Crippen LogP) is 2.43.